The number of hydrogen-bond donors (Lipinski definition) is 1. The molecule has 0 aliphatic heterocycles. The van der Waals surface area contributed by atoms with E-state index in [4.69, 9.17) is 18.0 Å². The lowest BCUT2D eigenvalue weighted by molar-refractivity contribution is 0.178. The quantitative estimate of drug-likeness (QED) is 0.594. The molecule has 1 rings (SSSR count). The van der Waals surface area contributed by atoms with Crippen LogP contribution in [0.5, 0.6) is 0 Å². The molecule has 3 heteroatoms. The Morgan fingerprint density at radius 1 is 1.31 bits per heavy atom. The summed E-state index contributed by atoms with van der Waals surface area (Å²) >= 11 is 5.06. The second kappa shape index (κ2) is 7.23. The number of hydrogen-bond acceptors (Lipinski definition) is 2. The lowest BCUT2D eigenvalue weighted by atomic mass is 10.0. The first kappa shape index (κ1) is 13.9. The molecule has 0 aromatic heterocycles. The predicted molar refractivity (Wildman–Crippen MR) is 74.7 cm³/mol. The van der Waals surface area contributed by atoms with Crippen LogP contribution in [0.15, 0.2) is 0 Å². The van der Waals surface area contributed by atoms with Gasteiger partial charge in [0.15, 0.2) is 0 Å². The topological polar surface area (TPSA) is 29.3 Å². The Labute approximate surface area is 106 Å². The van der Waals surface area contributed by atoms with Crippen LogP contribution in [0.2, 0.25) is 0 Å². The Hall–Kier alpha value is -0.150. The third-order valence-corrected chi connectivity index (χ3v) is 4.14. The van der Waals surface area contributed by atoms with Crippen molar-refractivity contribution in [2.24, 2.45) is 11.7 Å². The third kappa shape index (κ3) is 4.38. The van der Waals surface area contributed by atoms with Gasteiger partial charge in [-0.25, -0.2) is 0 Å². The van der Waals surface area contributed by atoms with Crippen LogP contribution in [0.4, 0.5) is 0 Å². The summed E-state index contributed by atoms with van der Waals surface area (Å²) in [6.45, 7) is 6.55. The van der Waals surface area contributed by atoms with E-state index in [1.165, 1.54) is 38.5 Å². The van der Waals surface area contributed by atoms with Crippen LogP contribution in [0.1, 0.15) is 52.4 Å². The minimum atomic E-state index is 0.346. The SMILES string of the molecule is CCN(CC(C)C(N)=S)C1CCCCCC1. The molecule has 2 nitrogen and oxygen atoms in total. The minimum absolute atomic E-state index is 0.346. The molecule has 16 heavy (non-hydrogen) atoms. The third-order valence-electron chi connectivity index (χ3n) is 3.74. The molecule has 94 valence electrons. The summed E-state index contributed by atoms with van der Waals surface area (Å²) < 4.78 is 0. The first-order chi connectivity index (χ1) is 7.65. The summed E-state index contributed by atoms with van der Waals surface area (Å²) in [7, 11) is 0. The summed E-state index contributed by atoms with van der Waals surface area (Å²) in [5, 5.41) is 0. The van der Waals surface area contributed by atoms with Crippen molar-refractivity contribution in [2.45, 2.75) is 58.4 Å². The largest absolute Gasteiger partial charge is 0.393 e. The van der Waals surface area contributed by atoms with Crippen molar-refractivity contribution >= 4 is 17.2 Å². The van der Waals surface area contributed by atoms with Crippen LogP contribution in [0.3, 0.4) is 0 Å². The van der Waals surface area contributed by atoms with E-state index in [9.17, 15) is 0 Å². The lowest BCUT2D eigenvalue weighted by Gasteiger charge is -2.32. The van der Waals surface area contributed by atoms with Gasteiger partial charge < -0.3 is 5.73 Å². The Morgan fingerprint density at radius 2 is 1.88 bits per heavy atom. The van der Waals surface area contributed by atoms with Gasteiger partial charge in [-0.3, -0.25) is 4.90 Å². The van der Waals surface area contributed by atoms with Crippen molar-refractivity contribution in [3.63, 3.8) is 0 Å². The van der Waals surface area contributed by atoms with Gasteiger partial charge in [-0.1, -0.05) is 51.7 Å². The highest BCUT2D eigenvalue weighted by Gasteiger charge is 2.20. The molecule has 0 aromatic rings. The molecule has 1 atom stereocenters. The van der Waals surface area contributed by atoms with Gasteiger partial charge in [0.05, 0.1) is 4.99 Å². The maximum atomic E-state index is 5.70. The average molecular weight is 242 g/mol. The molecule has 0 bridgehead atoms. The van der Waals surface area contributed by atoms with E-state index in [2.05, 4.69) is 18.7 Å². The van der Waals surface area contributed by atoms with Crippen molar-refractivity contribution in [3.05, 3.63) is 0 Å². The molecule has 0 heterocycles. The first-order valence-electron chi connectivity index (χ1n) is 6.68. The highest BCUT2D eigenvalue weighted by Crippen LogP contribution is 2.22. The smallest absolute Gasteiger partial charge is 0.0768 e. The van der Waals surface area contributed by atoms with Gasteiger partial charge in [-0.2, -0.15) is 0 Å². The summed E-state index contributed by atoms with van der Waals surface area (Å²) in [4.78, 5) is 3.24. The molecule has 1 saturated carbocycles. The molecule has 0 spiro atoms. The number of rotatable bonds is 5. The van der Waals surface area contributed by atoms with Gasteiger partial charge in [0.2, 0.25) is 0 Å². The lowest BCUT2D eigenvalue weighted by Crippen LogP contribution is -2.40. The Balaban J connectivity index is 2.47. The van der Waals surface area contributed by atoms with Crippen molar-refractivity contribution in [1.82, 2.24) is 4.90 Å². The van der Waals surface area contributed by atoms with Crippen LogP contribution in [0.25, 0.3) is 0 Å². The summed E-state index contributed by atoms with van der Waals surface area (Å²) in [6, 6.07) is 0.768. The fourth-order valence-corrected chi connectivity index (χ4v) is 2.68. The number of nitrogens with zero attached hydrogens (tertiary/aromatic N) is 1. The fourth-order valence-electron chi connectivity index (χ4n) is 2.60. The normalized spacial score (nSPS) is 20.7. The van der Waals surface area contributed by atoms with Crippen LogP contribution in [0, 0.1) is 5.92 Å². The molecular formula is C13H26N2S. The maximum absolute atomic E-state index is 5.70. The van der Waals surface area contributed by atoms with E-state index in [0.29, 0.717) is 10.9 Å². The zero-order valence-corrected chi connectivity index (χ0v) is 11.6. The van der Waals surface area contributed by atoms with E-state index >= 15 is 0 Å². The Morgan fingerprint density at radius 3 is 2.31 bits per heavy atom. The van der Waals surface area contributed by atoms with Crippen molar-refractivity contribution < 1.29 is 0 Å². The van der Waals surface area contributed by atoms with Gasteiger partial charge in [0.25, 0.3) is 0 Å². The van der Waals surface area contributed by atoms with Gasteiger partial charge in [-0.15, -0.1) is 0 Å². The zero-order chi connectivity index (χ0) is 12.0. The van der Waals surface area contributed by atoms with Gasteiger partial charge >= 0.3 is 0 Å². The van der Waals surface area contributed by atoms with Crippen LogP contribution in [-0.2, 0) is 0 Å². The van der Waals surface area contributed by atoms with E-state index < -0.39 is 0 Å². The summed E-state index contributed by atoms with van der Waals surface area (Å²) in [5.41, 5.74) is 5.70. The molecule has 0 aromatic carbocycles. The van der Waals surface area contributed by atoms with Crippen LogP contribution < -0.4 is 5.73 Å². The zero-order valence-electron chi connectivity index (χ0n) is 10.7. The average Bonchev–Trinajstić information content (AvgIpc) is 2.53. The molecule has 1 aliphatic carbocycles. The molecule has 1 fully saturated rings. The Bertz CT molecular complexity index is 210. The van der Waals surface area contributed by atoms with Crippen molar-refractivity contribution in [3.8, 4) is 0 Å². The molecular weight excluding hydrogens is 216 g/mol. The highest BCUT2D eigenvalue weighted by atomic mass is 32.1. The van der Waals surface area contributed by atoms with E-state index in [0.717, 1.165) is 19.1 Å². The Kier molecular flexibility index (Phi) is 6.29. The molecule has 1 aliphatic rings. The predicted octanol–water partition coefficient (Wildman–Crippen LogP) is 2.95. The minimum Gasteiger partial charge on any atom is -0.393 e. The maximum Gasteiger partial charge on any atom is 0.0768 e. The van der Waals surface area contributed by atoms with Crippen LogP contribution >= 0.6 is 12.2 Å². The molecule has 0 saturated heterocycles. The van der Waals surface area contributed by atoms with Gasteiger partial charge in [0.1, 0.15) is 0 Å². The van der Waals surface area contributed by atoms with Crippen molar-refractivity contribution in [1.29, 1.82) is 0 Å². The number of thiocarbonyl (C=S) groups is 1. The molecule has 0 amide bonds. The molecule has 2 N–H and O–H groups in total. The first-order valence-corrected chi connectivity index (χ1v) is 7.09. The molecule has 0 radical (unpaired) electrons. The second-order valence-corrected chi connectivity index (χ2v) is 5.51. The second-order valence-electron chi connectivity index (χ2n) is 5.04. The van der Waals surface area contributed by atoms with Gasteiger partial charge in [-0.05, 0) is 19.4 Å². The van der Waals surface area contributed by atoms with E-state index in [1.54, 1.807) is 0 Å². The standard InChI is InChI=1S/C13H26N2S/c1-3-15(10-11(2)13(14)16)12-8-6-4-5-7-9-12/h11-12H,3-10H2,1-2H3,(H2,14,16). The monoisotopic (exact) mass is 242 g/mol. The van der Waals surface area contributed by atoms with Crippen LogP contribution in [-0.4, -0.2) is 29.0 Å². The highest BCUT2D eigenvalue weighted by molar-refractivity contribution is 7.80. The summed E-state index contributed by atoms with van der Waals surface area (Å²) in [6.07, 6.45) is 8.33. The molecule has 1 unspecified atom stereocenters. The van der Waals surface area contributed by atoms with Gasteiger partial charge in [0, 0.05) is 18.5 Å². The van der Waals surface area contributed by atoms with Crippen molar-refractivity contribution in [2.75, 3.05) is 13.1 Å². The fraction of sp³-hybridized carbons (Fsp3) is 0.923. The number of nitrogens with two attached hydrogens (primary N) is 1. The summed E-state index contributed by atoms with van der Waals surface area (Å²) in [5.74, 6) is 0.346. The van der Waals surface area contributed by atoms with E-state index in [1.807, 2.05) is 0 Å². The van der Waals surface area contributed by atoms with E-state index in [-0.39, 0.29) is 0 Å².